The summed E-state index contributed by atoms with van der Waals surface area (Å²) < 4.78 is 5.08. The largest absolute Gasteiger partial charge is 0.388 e. The van der Waals surface area contributed by atoms with E-state index in [4.69, 9.17) is 10.00 Å². The number of nitriles is 1. The van der Waals surface area contributed by atoms with E-state index in [-0.39, 0.29) is 0 Å². The first-order chi connectivity index (χ1) is 8.80. The van der Waals surface area contributed by atoms with Crippen LogP contribution in [-0.2, 0) is 11.3 Å². The van der Waals surface area contributed by atoms with Crippen LogP contribution in [0.3, 0.4) is 0 Å². The summed E-state index contributed by atoms with van der Waals surface area (Å²) in [4.78, 5) is 6.51. The Morgan fingerprint density at radius 2 is 2.33 bits per heavy atom. The smallest absolute Gasteiger partial charge is 0.0635 e. The van der Waals surface area contributed by atoms with Crippen molar-refractivity contribution in [1.82, 2.24) is 9.88 Å². The monoisotopic (exact) mass is 248 g/mol. The standard InChI is InChI=1S/C13H20N4O/c1-15-12-4-6-16-13(10-12)11-17(7-3-5-14)8-9-18-2/h4,6,10H,3,7-9,11H2,1-2H3,(H,15,16). The second-order valence-corrected chi connectivity index (χ2v) is 3.96. The van der Waals surface area contributed by atoms with E-state index < -0.39 is 0 Å². The number of nitrogens with one attached hydrogen (secondary N) is 1. The van der Waals surface area contributed by atoms with Crippen LogP contribution in [0.2, 0.25) is 0 Å². The van der Waals surface area contributed by atoms with Gasteiger partial charge in [0.1, 0.15) is 0 Å². The average Bonchev–Trinajstić information content (AvgIpc) is 2.42. The van der Waals surface area contributed by atoms with Gasteiger partial charge in [0.05, 0.1) is 18.4 Å². The zero-order chi connectivity index (χ0) is 13.2. The van der Waals surface area contributed by atoms with Gasteiger partial charge >= 0.3 is 0 Å². The zero-order valence-corrected chi connectivity index (χ0v) is 11.0. The third-order valence-electron chi connectivity index (χ3n) is 2.64. The van der Waals surface area contributed by atoms with Gasteiger partial charge in [-0.2, -0.15) is 5.26 Å². The van der Waals surface area contributed by atoms with Crippen LogP contribution in [0, 0.1) is 11.3 Å². The molecule has 1 aromatic heterocycles. The van der Waals surface area contributed by atoms with E-state index in [1.165, 1.54) is 0 Å². The van der Waals surface area contributed by atoms with Crippen molar-refractivity contribution < 1.29 is 4.74 Å². The summed E-state index contributed by atoms with van der Waals surface area (Å²) in [7, 11) is 3.57. The van der Waals surface area contributed by atoms with E-state index in [2.05, 4.69) is 21.3 Å². The van der Waals surface area contributed by atoms with Crippen LogP contribution < -0.4 is 5.32 Å². The first kappa shape index (κ1) is 14.4. The van der Waals surface area contributed by atoms with Crippen molar-refractivity contribution in [2.24, 2.45) is 0 Å². The molecular weight excluding hydrogens is 228 g/mol. The van der Waals surface area contributed by atoms with Crippen LogP contribution in [0.4, 0.5) is 5.69 Å². The molecule has 0 saturated carbocycles. The van der Waals surface area contributed by atoms with E-state index in [0.717, 1.165) is 31.0 Å². The topological polar surface area (TPSA) is 61.2 Å². The molecule has 98 valence electrons. The number of hydrogen-bond acceptors (Lipinski definition) is 5. The van der Waals surface area contributed by atoms with Crippen molar-refractivity contribution in [3.05, 3.63) is 24.0 Å². The van der Waals surface area contributed by atoms with Gasteiger partial charge in [-0.05, 0) is 12.1 Å². The second kappa shape index (κ2) is 8.45. The number of aromatic nitrogens is 1. The fourth-order valence-electron chi connectivity index (χ4n) is 1.65. The van der Waals surface area contributed by atoms with Crippen molar-refractivity contribution in [2.45, 2.75) is 13.0 Å². The number of anilines is 1. The van der Waals surface area contributed by atoms with E-state index in [1.54, 1.807) is 13.3 Å². The van der Waals surface area contributed by atoms with Crippen LogP contribution in [0.1, 0.15) is 12.1 Å². The van der Waals surface area contributed by atoms with Crippen LogP contribution >= 0.6 is 0 Å². The van der Waals surface area contributed by atoms with Crippen molar-refractivity contribution in [1.29, 1.82) is 5.26 Å². The molecule has 0 saturated heterocycles. The van der Waals surface area contributed by atoms with Crippen molar-refractivity contribution in [2.75, 3.05) is 39.2 Å². The molecule has 0 amide bonds. The quantitative estimate of drug-likeness (QED) is 0.755. The number of hydrogen-bond donors (Lipinski definition) is 1. The Bertz CT molecular complexity index is 389. The summed E-state index contributed by atoms with van der Waals surface area (Å²) in [5, 5.41) is 11.7. The van der Waals surface area contributed by atoms with Crippen molar-refractivity contribution in [3.63, 3.8) is 0 Å². The highest BCUT2D eigenvalue weighted by Gasteiger charge is 2.07. The Labute approximate surface area is 108 Å². The Balaban J connectivity index is 2.59. The lowest BCUT2D eigenvalue weighted by Crippen LogP contribution is -2.28. The van der Waals surface area contributed by atoms with Gasteiger partial charge in [0, 0.05) is 52.1 Å². The predicted octanol–water partition coefficient (Wildman–Crippen LogP) is 1.49. The molecule has 0 aromatic carbocycles. The molecule has 0 spiro atoms. The van der Waals surface area contributed by atoms with E-state index in [9.17, 15) is 0 Å². The minimum absolute atomic E-state index is 0.523. The molecule has 0 aliphatic heterocycles. The summed E-state index contributed by atoms with van der Waals surface area (Å²) in [5.74, 6) is 0. The van der Waals surface area contributed by atoms with Crippen LogP contribution in [0.25, 0.3) is 0 Å². The molecule has 5 nitrogen and oxygen atoms in total. The number of ether oxygens (including phenoxy) is 1. The minimum atomic E-state index is 0.523. The number of nitrogens with zero attached hydrogens (tertiary/aromatic N) is 3. The van der Waals surface area contributed by atoms with Crippen molar-refractivity contribution >= 4 is 5.69 Å². The summed E-state index contributed by atoms with van der Waals surface area (Å²) in [6, 6.07) is 6.12. The normalized spacial score (nSPS) is 10.3. The molecule has 1 N–H and O–H groups in total. The van der Waals surface area contributed by atoms with Crippen LogP contribution in [0.15, 0.2) is 18.3 Å². The van der Waals surface area contributed by atoms with Gasteiger partial charge in [-0.15, -0.1) is 0 Å². The molecular formula is C13H20N4O. The molecule has 1 heterocycles. The molecule has 5 heteroatoms. The number of methoxy groups -OCH3 is 1. The molecule has 0 unspecified atom stereocenters. The highest BCUT2D eigenvalue weighted by molar-refractivity contribution is 5.42. The molecule has 18 heavy (non-hydrogen) atoms. The molecule has 0 radical (unpaired) electrons. The highest BCUT2D eigenvalue weighted by Crippen LogP contribution is 2.09. The molecule has 1 rings (SSSR count). The molecule has 0 bridgehead atoms. The third-order valence-corrected chi connectivity index (χ3v) is 2.64. The maximum Gasteiger partial charge on any atom is 0.0635 e. The fourth-order valence-corrected chi connectivity index (χ4v) is 1.65. The third kappa shape index (κ3) is 5.13. The lowest BCUT2D eigenvalue weighted by molar-refractivity contribution is 0.144. The Hall–Kier alpha value is -1.64. The average molecular weight is 248 g/mol. The molecule has 1 aromatic rings. The van der Waals surface area contributed by atoms with Gasteiger partial charge in [0.25, 0.3) is 0 Å². The SMILES string of the molecule is CNc1ccnc(CN(CCC#N)CCOC)c1. The maximum atomic E-state index is 8.66. The number of pyridine rings is 1. The van der Waals surface area contributed by atoms with Crippen LogP contribution in [0.5, 0.6) is 0 Å². The Kier molecular flexibility index (Phi) is 6.77. The highest BCUT2D eigenvalue weighted by atomic mass is 16.5. The van der Waals surface area contributed by atoms with E-state index in [1.807, 2.05) is 19.2 Å². The second-order valence-electron chi connectivity index (χ2n) is 3.96. The Morgan fingerprint density at radius 1 is 1.50 bits per heavy atom. The van der Waals surface area contributed by atoms with E-state index >= 15 is 0 Å². The lowest BCUT2D eigenvalue weighted by Gasteiger charge is -2.20. The fraction of sp³-hybridized carbons (Fsp3) is 0.538. The number of rotatable bonds is 8. The lowest BCUT2D eigenvalue weighted by atomic mass is 10.3. The first-order valence-corrected chi connectivity index (χ1v) is 6.01. The van der Waals surface area contributed by atoms with Crippen LogP contribution in [-0.4, -0.2) is 43.7 Å². The molecule has 0 aliphatic carbocycles. The van der Waals surface area contributed by atoms with Gasteiger partial charge in [0.15, 0.2) is 0 Å². The molecule has 0 atom stereocenters. The maximum absolute atomic E-state index is 8.66. The minimum Gasteiger partial charge on any atom is -0.388 e. The molecule has 0 aliphatic rings. The predicted molar refractivity (Wildman–Crippen MR) is 71.2 cm³/mol. The summed E-state index contributed by atoms with van der Waals surface area (Å²) >= 11 is 0. The van der Waals surface area contributed by atoms with E-state index in [0.29, 0.717) is 13.0 Å². The zero-order valence-electron chi connectivity index (χ0n) is 11.0. The van der Waals surface area contributed by atoms with Gasteiger partial charge in [-0.3, -0.25) is 9.88 Å². The summed E-state index contributed by atoms with van der Waals surface area (Å²) in [6.45, 7) is 2.95. The molecule has 0 fully saturated rings. The first-order valence-electron chi connectivity index (χ1n) is 6.01. The van der Waals surface area contributed by atoms with Crippen molar-refractivity contribution in [3.8, 4) is 6.07 Å². The summed E-state index contributed by atoms with van der Waals surface area (Å²) in [6.07, 6.45) is 2.31. The Morgan fingerprint density at radius 3 is 3.00 bits per heavy atom. The van der Waals surface area contributed by atoms with Gasteiger partial charge in [0.2, 0.25) is 0 Å². The summed E-state index contributed by atoms with van der Waals surface area (Å²) in [5.41, 5.74) is 2.04. The van der Waals surface area contributed by atoms with Gasteiger partial charge in [-0.1, -0.05) is 0 Å². The van der Waals surface area contributed by atoms with Gasteiger partial charge < -0.3 is 10.1 Å². The van der Waals surface area contributed by atoms with Gasteiger partial charge in [-0.25, -0.2) is 0 Å².